The summed E-state index contributed by atoms with van der Waals surface area (Å²) in [6.45, 7) is 3.13. The van der Waals surface area contributed by atoms with Gasteiger partial charge in [-0.2, -0.15) is 13.2 Å². The summed E-state index contributed by atoms with van der Waals surface area (Å²) in [5.41, 5.74) is 6.65. The Kier molecular flexibility index (Phi) is 10.3. The molecule has 1 aromatic carbocycles. The molecule has 1 saturated heterocycles. The van der Waals surface area contributed by atoms with Crippen LogP contribution in [0.2, 0.25) is 0 Å². The van der Waals surface area contributed by atoms with Crippen LogP contribution in [0.3, 0.4) is 0 Å². The van der Waals surface area contributed by atoms with Gasteiger partial charge in [0.15, 0.2) is 5.78 Å². The van der Waals surface area contributed by atoms with Crippen molar-refractivity contribution in [3.8, 4) is 0 Å². The number of piperidine rings is 1. The fourth-order valence-corrected chi connectivity index (χ4v) is 3.16. The van der Waals surface area contributed by atoms with Crippen molar-refractivity contribution < 1.29 is 42.5 Å². The number of halogens is 3. The van der Waals surface area contributed by atoms with Gasteiger partial charge in [0.1, 0.15) is 12.4 Å². The number of Topliss-reactive ketones (excluding diaryl/α,β-unsaturated/α-hetero) is 1. The number of carboxylic acid groups (broad SMARTS) is 2. The molecule has 0 amide bonds. The quantitative estimate of drug-likeness (QED) is 0.261. The third-order valence-electron chi connectivity index (χ3n) is 4.77. The van der Waals surface area contributed by atoms with Crippen LogP contribution < -0.4 is 5.73 Å². The Morgan fingerprint density at radius 2 is 1.62 bits per heavy atom. The van der Waals surface area contributed by atoms with E-state index in [9.17, 15) is 22.8 Å². The zero-order valence-electron chi connectivity index (χ0n) is 17.4. The third-order valence-corrected chi connectivity index (χ3v) is 4.77. The summed E-state index contributed by atoms with van der Waals surface area (Å²) in [5, 5.41) is 23.2. The molecule has 178 valence electrons. The first kappa shape index (κ1) is 27.0. The summed E-state index contributed by atoms with van der Waals surface area (Å²) < 4.78 is 37.1. The Hall–Kier alpha value is -2.99. The molecular weight excluding hydrogens is 435 g/mol. The number of rotatable bonds is 8. The van der Waals surface area contributed by atoms with E-state index in [1.54, 1.807) is 24.3 Å². The number of likely N-dealkylation sites (tertiary alicyclic amines) is 1. The van der Waals surface area contributed by atoms with Crippen LogP contribution in [0.25, 0.3) is 0 Å². The highest BCUT2D eigenvalue weighted by Crippen LogP contribution is 2.20. The fraction of sp³-hybridized carbons (Fsp3) is 0.500. The average molecular weight is 461 g/mol. The summed E-state index contributed by atoms with van der Waals surface area (Å²) in [6.07, 6.45) is -3.00. The first-order valence-electron chi connectivity index (χ1n) is 9.73. The molecule has 1 unspecified atom stereocenters. The van der Waals surface area contributed by atoms with Crippen molar-refractivity contribution in [3.63, 3.8) is 0 Å². The van der Waals surface area contributed by atoms with Gasteiger partial charge in [-0.3, -0.25) is 15.1 Å². The number of benzene rings is 1. The van der Waals surface area contributed by atoms with E-state index < -0.39 is 18.1 Å². The predicted molar refractivity (Wildman–Crippen MR) is 108 cm³/mol. The van der Waals surface area contributed by atoms with Gasteiger partial charge >= 0.3 is 18.1 Å². The topological polar surface area (TPSA) is 154 Å². The molecule has 0 aromatic heterocycles. The van der Waals surface area contributed by atoms with Crippen molar-refractivity contribution in [1.29, 1.82) is 5.41 Å². The number of nitrogens with one attached hydrogen (secondary N) is 1. The second kappa shape index (κ2) is 12.2. The van der Waals surface area contributed by atoms with Gasteiger partial charge in [0, 0.05) is 24.2 Å². The Bertz CT molecular complexity index is 806. The van der Waals surface area contributed by atoms with Crippen molar-refractivity contribution in [2.75, 3.05) is 19.7 Å². The van der Waals surface area contributed by atoms with Crippen LogP contribution in [0.4, 0.5) is 13.2 Å². The number of aliphatic carboxylic acids is 2. The van der Waals surface area contributed by atoms with Crippen LogP contribution >= 0.6 is 0 Å². The standard InChI is InChI=1S/C18H25N3O4.C2HF3O2/c1-2-15(17(24)12-3-5-13(6-4-12)18(19)20)21-9-7-14(8-10-21)25-11-16(22)23;3-2(4,5)1(6)7/h3-6,14-15H,2,7-11H2,1H3,(H3,19,20)(H,22,23);(H,6,7). The van der Waals surface area contributed by atoms with Crippen LogP contribution in [0.1, 0.15) is 42.1 Å². The van der Waals surface area contributed by atoms with Gasteiger partial charge in [0.25, 0.3) is 0 Å². The van der Waals surface area contributed by atoms with Crippen LogP contribution in [-0.2, 0) is 14.3 Å². The SMILES string of the molecule is CCC(C(=O)c1ccc(C(=N)N)cc1)N1CCC(OCC(=O)O)CC1.O=C(O)C(F)(F)F. The van der Waals surface area contributed by atoms with Crippen LogP contribution in [-0.4, -0.2) is 76.7 Å². The molecule has 5 N–H and O–H groups in total. The number of alkyl halides is 3. The number of carbonyl (C=O) groups excluding carboxylic acids is 1. The predicted octanol–water partition coefficient (Wildman–Crippen LogP) is 2.13. The molecule has 1 heterocycles. The lowest BCUT2D eigenvalue weighted by Crippen LogP contribution is -2.47. The Morgan fingerprint density at radius 3 is 2.00 bits per heavy atom. The molecule has 12 heteroatoms. The van der Waals surface area contributed by atoms with E-state index in [0.717, 1.165) is 12.8 Å². The van der Waals surface area contributed by atoms with Gasteiger partial charge < -0.3 is 20.7 Å². The average Bonchev–Trinajstić information content (AvgIpc) is 2.73. The maximum absolute atomic E-state index is 12.8. The monoisotopic (exact) mass is 461 g/mol. The number of hydrogen-bond acceptors (Lipinski definition) is 6. The van der Waals surface area contributed by atoms with E-state index in [1.165, 1.54) is 0 Å². The highest BCUT2D eigenvalue weighted by molar-refractivity contribution is 6.01. The molecule has 9 nitrogen and oxygen atoms in total. The maximum atomic E-state index is 12.8. The zero-order chi connectivity index (χ0) is 24.5. The van der Waals surface area contributed by atoms with Crippen molar-refractivity contribution in [2.24, 2.45) is 5.73 Å². The number of carboxylic acids is 2. The molecule has 1 aliphatic heterocycles. The summed E-state index contributed by atoms with van der Waals surface area (Å²) in [5.74, 6) is -3.68. The van der Waals surface area contributed by atoms with Gasteiger partial charge in [-0.1, -0.05) is 31.2 Å². The molecule has 32 heavy (non-hydrogen) atoms. The molecule has 0 saturated carbocycles. The minimum atomic E-state index is -5.08. The Balaban J connectivity index is 0.000000633. The first-order chi connectivity index (χ1) is 14.9. The number of ketones is 1. The fourth-order valence-electron chi connectivity index (χ4n) is 3.16. The lowest BCUT2D eigenvalue weighted by atomic mass is 9.96. The van der Waals surface area contributed by atoms with Crippen molar-refractivity contribution in [2.45, 2.75) is 44.5 Å². The minimum Gasteiger partial charge on any atom is -0.480 e. The van der Waals surface area contributed by atoms with Gasteiger partial charge in [0.05, 0.1) is 12.1 Å². The molecule has 0 radical (unpaired) electrons. The van der Waals surface area contributed by atoms with Crippen LogP contribution in [0.15, 0.2) is 24.3 Å². The lowest BCUT2D eigenvalue weighted by Gasteiger charge is -2.36. The Labute approximate surface area is 182 Å². The van der Waals surface area contributed by atoms with Crippen molar-refractivity contribution in [3.05, 3.63) is 35.4 Å². The third kappa shape index (κ3) is 8.63. The molecule has 0 spiro atoms. The van der Waals surface area contributed by atoms with Gasteiger partial charge in [-0.25, -0.2) is 9.59 Å². The number of hydrogen-bond donors (Lipinski definition) is 4. The number of nitrogens with zero attached hydrogens (tertiary/aromatic N) is 1. The summed E-state index contributed by atoms with van der Waals surface area (Å²) in [6, 6.07) is 6.60. The number of nitrogen functional groups attached to an aromatic ring is 1. The first-order valence-corrected chi connectivity index (χ1v) is 9.73. The molecule has 1 fully saturated rings. The second-order valence-electron chi connectivity index (χ2n) is 7.02. The maximum Gasteiger partial charge on any atom is 0.490 e. The zero-order valence-corrected chi connectivity index (χ0v) is 17.4. The highest BCUT2D eigenvalue weighted by atomic mass is 19.4. The largest absolute Gasteiger partial charge is 0.490 e. The highest BCUT2D eigenvalue weighted by Gasteiger charge is 2.38. The van der Waals surface area contributed by atoms with E-state index in [2.05, 4.69) is 4.90 Å². The molecule has 0 bridgehead atoms. The molecule has 1 atom stereocenters. The van der Waals surface area contributed by atoms with E-state index >= 15 is 0 Å². The molecular formula is C20H26F3N3O6. The molecule has 0 aliphatic carbocycles. The van der Waals surface area contributed by atoms with E-state index in [1.807, 2.05) is 6.92 Å². The Morgan fingerprint density at radius 1 is 1.16 bits per heavy atom. The summed E-state index contributed by atoms with van der Waals surface area (Å²) >= 11 is 0. The van der Waals surface area contributed by atoms with E-state index in [4.69, 9.17) is 30.9 Å². The normalized spacial score (nSPS) is 15.9. The molecule has 2 rings (SSSR count). The number of amidine groups is 1. The van der Waals surface area contributed by atoms with Crippen LogP contribution in [0, 0.1) is 5.41 Å². The number of nitrogens with two attached hydrogens (primary N) is 1. The smallest absolute Gasteiger partial charge is 0.480 e. The lowest BCUT2D eigenvalue weighted by molar-refractivity contribution is -0.192. The number of ether oxygens (including phenoxy) is 1. The molecule has 1 aromatic rings. The van der Waals surface area contributed by atoms with Crippen molar-refractivity contribution in [1.82, 2.24) is 4.90 Å². The number of carbonyl (C=O) groups is 3. The summed E-state index contributed by atoms with van der Waals surface area (Å²) in [7, 11) is 0. The van der Waals surface area contributed by atoms with Gasteiger partial charge in [0.2, 0.25) is 0 Å². The minimum absolute atomic E-state index is 0.0190. The second-order valence-corrected chi connectivity index (χ2v) is 7.02. The molecule has 1 aliphatic rings. The van der Waals surface area contributed by atoms with Gasteiger partial charge in [-0.05, 0) is 19.3 Å². The van der Waals surface area contributed by atoms with Crippen LogP contribution in [0.5, 0.6) is 0 Å². The van der Waals surface area contributed by atoms with Gasteiger partial charge in [-0.15, -0.1) is 0 Å². The van der Waals surface area contributed by atoms with Crippen molar-refractivity contribution >= 4 is 23.6 Å². The van der Waals surface area contributed by atoms with E-state index in [-0.39, 0.29) is 30.4 Å². The van der Waals surface area contributed by atoms with E-state index in [0.29, 0.717) is 30.6 Å². The summed E-state index contributed by atoms with van der Waals surface area (Å²) in [4.78, 5) is 34.4.